The molecule has 35 heavy (non-hydrogen) atoms. The molecule has 5 aromatic rings. The second-order valence-corrected chi connectivity index (χ2v) is 7.67. The molecule has 7 nitrogen and oxygen atoms in total. The monoisotopic (exact) mass is 460 g/mol. The predicted molar refractivity (Wildman–Crippen MR) is 141 cm³/mol. The molecule has 0 aliphatic carbocycles. The van der Waals surface area contributed by atoms with Crippen molar-refractivity contribution in [2.75, 3.05) is 21.5 Å². The first-order chi connectivity index (χ1) is 17.3. The Kier molecular flexibility index (Phi) is 6.39. The van der Waals surface area contributed by atoms with Crippen molar-refractivity contribution in [2.24, 2.45) is 0 Å². The molecule has 4 N–H and O–H groups in total. The molecule has 0 spiro atoms. The second kappa shape index (κ2) is 10.3. The molecule has 0 bridgehead atoms. The summed E-state index contributed by atoms with van der Waals surface area (Å²) in [7, 11) is 0. The van der Waals surface area contributed by atoms with Crippen LogP contribution in [0.5, 0.6) is 11.5 Å². The van der Waals surface area contributed by atoms with Gasteiger partial charge in [-0.25, -0.2) is 9.97 Å². The third-order valence-electron chi connectivity index (χ3n) is 5.23. The fourth-order valence-corrected chi connectivity index (χ4v) is 3.49. The number of hydrazine groups is 1. The zero-order valence-electron chi connectivity index (χ0n) is 18.9. The lowest BCUT2D eigenvalue weighted by atomic mass is 10.2. The largest absolute Gasteiger partial charge is 0.457 e. The number of nitrogens with zero attached hydrogens (tertiary/aromatic N) is 3. The number of benzene rings is 4. The smallest absolute Gasteiger partial charge is 0.173 e. The maximum atomic E-state index is 6.47. The standard InChI is InChI=1S/C28H24N6O/c29-26-27(32-21-16-18-25(19-17-21)35-24-14-8-3-9-15-24)30-20-31-28(26)33-34(22-10-4-1-5-11-22)23-12-6-2-7-13-23/h1-20H,29H2,(H2,30,31,32,33). The number of aromatic nitrogens is 2. The summed E-state index contributed by atoms with van der Waals surface area (Å²) in [4.78, 5) is 8.72. The fraction of sp³-hybridized carbons (Fsp3) is 0. The van der Waals surface area contributed by atoms with Gasteiger partial charge in [0.2, 0.25) is 0 Å². The summed E-state index contributed by atoms with van der Waals surface area (Å²) < 4.78 is 5.86. The van der Waals surface area contributed by atoms with Gasteiger partial charge in [0.25, 0.3) is 0 Å². The first-order valence-electron chi connectivity index (χ1n) is 11.1. The minimum absolute atomic E-state index is 0.397. The van der Waals surface area contributed by atoms with Crippen LogP contribution in [-0.4, -0.2) is 9.97 Å². The Morgan fingerprint density at radius 2 is 1.11 bits per heavy atom. The van der Waals surface area contributed by atoms with Gasteiger partial charge in [-0.15, -0.1) is 0 Å². The molecule has 5 rings (SSSR count). The van der Waals surface area contributed by atoms with Crippen LogP contribution >= 0.6 is 0 Å². The van der Waals surface area contributed by atoms with E-state index in [2.05, 4.69) is 20.7 Å². The Bertz CT molecular complexity index is 1320. The van der Waals surface area contributed by atoms with E-state index in [4.69, 9.17) is 10.5 Å². The van der Waals surface area contributed by atoms with Crippen molar-refractivity contribution in [2.45, 2.75) is 0 Å². The van der Waals surface area contributed by atoms with Crippen LogP contribution < -0.4 is 26.2 Å². The number of rotatable bonds is 8. The molecule has 0 saturated heterocycles. The van der Waals surface area contributed by atoms with Crippen LogP contribution in [-0.2, 0) is 0 Å². The van der Waals surface area contributed by atoms with Crippen LogP contribution in [0.15, 0.2) is 122 Å². The lowest BCUT2D eigenvalue weighted by Crippen LogP contribution is -2.26. The van der Waals surface area contributed by atoms with E-state index in [1.807, 2.05) is 120 Å². The van der Waals surface area contributed by atoms with E-state index in [1.54, 1.807) is 0 Å². The maximum Gasteiger partial charge on any atom is 0.173 e. The molecule has 0 unspecified atom stereocenters. The van der Waals surface area contributed by atoms with E-state index in [1.165, 1.54) is 6.33 Å². The zero-order chi connectivity index (χ0) is 23.9. The fourth-order valence-electron chi connectivity index (χ4n) is 3.49. The number of hydrogen-bond donors (Lipinski definition) is 3. The second-order valence-electron chi connectivity index (χ2n) is 7.67. The van der Waals surface area contributed by atoms with Gasteiger partial charge in [0, 0.05) is 5.69 Å². The topological polar surface area (TPSA) is 88.3 Å². The van der Waals surface area contributed by atoms with E-state index < -0.39 is 0 Å². The van der Waals surface area contributed by atoms with E-state index in [9.17, 15) is 0 Å². The van der Waals surface area contributed by atoms with Gasteiger partial charge >= 0.3 is 0 Å². The van der Waals surface area contributed by atoms with E-state index >= 15 is 0 Å². The van der Waals surface area contributed by atoms with Crippen LogP contribution in [0.1, 0.15) is 0 Å². The highest BCUT2D eigenvalue weighted by Crippen LogP contribution is 2.31. The van der Waals surface area contributed by atoms with Crippen molar-refractivity contribution in [1.82, 2.24) is 9.97 Å². The molecule has 172 valence electrons. The van der Waals surface area contributed by atoms with Gasteiger partial charge in [-0.1, -0.05) is 54.6 Å². The molecule has 1 heterocycles. The molecule has 4 aromatic carbocycles. The van der Waals surface area contributed by atoms with Crippen LogP contribution in [0.2, 0.25) is 0 Å². The molecule has 0 amide bonds. The van der Waals surface area contributed by atoms with Crippen LogP contribution in [0, 0.1) is 0 Å². The highest BCUT2D eigenvalue weighted by atomic mass is 16.5. The number of nitrogen functional groups attached to an aromatic ring is 1. The Morgan fingerprint density at radius 3 is 1.71 bits per heavy atom. The molecule has 0 aliphatic rings. The van der Waals surface area contributed by atoms with Gasteiger partial charge in [0.1, 0.15) is 23.5 Å². The van der Waals surface area contributed by atoms with Gasteiger partial charge in [-0.05, 0) is 60.7 Å². The number of nitrogens with two attached hydrogens (primary N) is 1. The molecule has 7 heteroatoms. The summed E-state index contributed by atoms with van der Waals surface area (Å²) in [5.74, 6) is 2.51. The molecule has 1 aromatic heterocycles. The highest BCUT2D eigenvalue weighted by molar-refractivity contribution is 5.80. The highest BCUT2D eigenvalue weighted by Gasteiger charge is 2.14. The van der Waals surface area contributed by atoms with Crippen molar-refractivity contribution in [3.63, 3.8) is 0 Å². The van der Waals surface area contributed by atoms with Crippen molar-refractivity contribution in [3.8, 4) is 11.5 Å². The number of para-hydroxylation sites is 3. The lowest BCUT2D eigenvalue weighted by Gasteiger charge is -2.26. The molecule has 0 fully saturated rings. The van der Waals surface area contributed by atoms with E-state index in [0.29, 0.717) is 17.3 Å². The Morgan fingerprint density at radius 1 is 0.600 bits per heavy atom. The third-order valence-corrected chi connectivity index (χ3v) is 5.23. The van der Waals surface area contributed by atoms with Gasteiger partial charge in [-0.2, -0.15) is 0 Å². The van der Waals surface area contributed by atoms with Crippen molar-refractivity contribution >= 4 is 34.4 Å². The average molecular weight is 461 g/mol. The molecule has 0 saturated carbocycles. The van der Waals surface area contributed by atoms with Gasteiger partial charge < -0.3 is 15.8 Å². The SMILES string of the molecule is Nc1c(Nc2ccc(Oc3ccccc3)cc2)ncnc1NN(c1ccccc1)c1ccccc1. The Labute approximate surface area is 203 Å². The van der Waals surface area contributed by atoms with Crippen LogP contribution in [0.4, 0.5) is 34.4 Å². The minimum Gasteiger partial charge on any atom is -0.457 e. The van der Waals surface area contributed by atoms with Crippen molar-refractivity contribution in [3.05, 3.63) is 122 Å². The molecular weight excluding hydrogens is 436 g/mol. The van der Waals surface area contributed by atoms with Crippen molar-refractivity contribution in [1.29, 1.82) is 0 Å². The predicted octanol–water partition coefficient (Wildman–Crippen LogP) is 6.76. The molecule has 0 atom stereocenters. The van der Waals surface area contributed by atoms with Crippen molar-refractivity contribution < 1.29 is 4.74 Å². The number of anilines is 6. The first kappa shape index (κ1) is 21.8. The summed E-state index contributed by atoms with van der Waals surface area (Å²) in [6.07, 6.45) is 1.47. The number of hydrogen-bond acceptors (Lipinski definition) is 7. The minimum atomic E-state index is 0.397. The summed E-state index contributed by atoms with van der Waals surface area (Å²) in [6, 6.07) is 37.2. The molecule has 0 radical (unpaired) electrons. The zero-order valence-corrected chi connectivity index (χ0v) is 18.9. The number of ether oxygens (including phenoxy) is 1. The van der Waals surface area contributed by atoms with Crippen LogP contribution in [0.3, 0.4) is 0 Å². The molecular formula is C28H24N6O. The normalized spacial score (nSPS) is 10.4. The number of nitrogens with one attached hydrogen (secondary N) is 2. The Balaban J connectivity index is 1.35. The van der Waals surface area contributed by atoms with Crippen LogP contribution in [0.25, 0.3) is 0 Å². The summed E-state index contributed by atoms with van der Waals surface area (Å²) >= 11 is 0. The van der Waals surface area contributed by atoms with Gasteiger partial charge in [0.05, 0.1) is 11.4 Å². The Hall–Kier alpha value is -5.04. The van der Waals surface area contributed by atoms with E-state index in [0.717, 1.165) is 28.6 Å². The summed E-state index contributed by atoms with van der Waals surface area (Å²) in [6.45, 7) is 0. The van der Waals surface area contributed by atoms with Gasteiger partial charge in [0.15, 0.2) is 11.6 Å². The summed E-state index contributed by atoms with van der Waals surface area (Å²) in [5, 5.41) is 5.20. The third kappa shape index (κ3) is 5.31. The van der Waals surface area contributed by atoms with E-state index in [-0.39, 0.29) is 0 Å². The summed E-state index contributed by atoms with van der Waals surface area (Å²) in [5.41, 5.74) is 12.9. The first-order valence-corrected chi connectivity index (χ1v) is 11.1. The lowest BCUT2D eigenvalue weighted by molar-refractivity contribution is 0.483. The maximum absolute atomic E-state index is 6.47. The molecule has 0 aliphatic heterocycles. The average Bonchev–Trinajstić information content (AvgIpc) is 2.92. The quantitative estimate of drug-likeness (QED) is 0.220. The van der Waals surface area contributed by atoms with Gasteiger partial charge in [-0.3, -0.25) is 10.4 Å².